The molecule has 0 aromatic carbocycles. The molecule has 8 nitrogen and oxygen atoms in total. The van der Waals surface area contributed by atoms with Gasteiger partial charge in [0.25, 0.3) is 0 Å². The number of carbonyl (C=O) groups is 1. The first-order chi connectivity index (χ1) is 8.20. The summed E-state index contributed by atoms with van der Waals surface area (Å²) in [4.78, 5) is 21.6. The molecule has 1 N–H and O–H groups in total. The van der Waals surface area contributed by atoms with Gasteiger partial charge in [-0.15, -0.1) is 0 Å². The first-order valence-corrected chi connectivity index (χ1v) is 5.20. The number of nitrogens with zero attached hydrogens (tertiary/aromatic N) is 3. The average molecular weight is 257 g/mol. The summed E-state index contributed by atoms with van der Waals surface area (Å²) in [6, 6.07) is 0. The molecule has 1 heterocycles. The van der Waals surface area contributed by atoms with Crippen molar-refractivity contribution in [2.75, 3.05) is 7.11 Å². The zero-order valence-electron chi connectivity index (χ0n) is 10.6. The number of ether oxygens (including phenoxy) is 1. The van der Waals surface area contributed by atoms with Gasteiger partial charge in [-0.05, 0) is 20.8 Å². The van der Waals surface area contributed by atoms with Gasteiger partial charge in [-0.1, -0.05) is 0 Å². The predicted octanol–water partition coefficient (Wildman–Crippen LogP) is 0.332. The second-order valence-corrected chi connectivity index (χ2v) is 4.20. The van der Waals surface area contributed by atoms with Gasteiger partial charge in [0.15, 0.2) is 5.60 Å². The van der Waals surface area contributed by atoms with Crippen LogP contribution in [-0.2, 0) is 16.1 Å². The molecule has 8 heteroatoms. The Bertz CT molecular complexity index is 492. The summed E-state index contributed by atoms with van der Waals surface area (Å²) in [7, 11) is 1.15. The molecule has 1 atom stereocenters. The molecule has 18 heavy (non-hydrogen) atoms. The maximum absolute atomic E-state index is 11.3. The molecule has 0 aliphatic heterocycles. The number of methoxy groups -OCH3 is 1. The second kappa shape index (κ2) is 4.73. The molecule has 0 spiro atoms. The Morgan fingerprint density at radius 1 is 1.61 bits per heavy atom. The molecule has 0 bridgehead atoms. The van der Waals surface area contributed by atoms with Crippen LogP contribution in [0.25, 0.3) is 0 Å². The van der Waals surface area contributed by atoms with E-state index in [2.05, 4.69) is 9.84 Å². The molecule has 1 unspecified atom stereocenters. The lowest BCUT2D eigenvalue weighted by atomic mass is 10.1. The minimum atomic E-state index is -1.79. The van der Waals surface area contributed by atoms with E-state index in [1.54, 1.807) is 0 Å². The van der Waals surface area contributed by atoms with Gasteiger partial charge >= 0.3 is 11.7 Å². The molecular weight excluding hydrogens is 242 g/mol. The van der Waals surface area contributed by atoms with Gasteiger partial charge in [0, 0.05) is 0 Å². The summed E-state index contributed by atoms with van der Waals surface area (Å²) in [5.74, 6) is -0.822. The number of aromatic nitrogens is 2. The first kappa shape index (κ1) is 14.1. The normalized spacial score (nSPS) is 14.1. The molecule has 1 rings (SSSR count). The van der Waals surface area contributed by atoms with Crippen LogP contribution >= 0.6 is 0 Å². The SMILES string of the molecule is COC(=O)C(C)(O)Cn1nc(C)c([N+](=O)[O-])c1C. The van der Waals surface area contributed by atoms with E-state index in [1.165, 1.54) is 25.5 Å². The second-order valence-electron chi connectivity index (χ2n) is 4.20. The summed E-state index contributed by atoms with van der Waals surface area (Å²) >= 11 is 0. The van der Waals surface area contributed by atoms with Crippen molar-refractivity contribution in [3.63, 3.8) is 0 Å². The highest BCUT2D eigenvalue weighted by Gasteiger charge is 2.34. The fourth-order valence-electron chi connectivity index (χ4n) is 1.68. The van der Waals surface area contributed by atoms with Gasteiger partial charge in [-0.25, -0.2) is 4.79 Å². The lowest BCUT2D eigenvalue weighted by molar-refractivity contribution is -0.386. The van der Waals surface area contributed by atoms with Crippen LogP contribution in [0.4, 0.5) is 5.69 Å². The predicted molar refractivity (Wildman–Crippen MR) is 61.0 cm³/mol. The van der Waals surface area contributed by atoms with Crippen molar-refractivity contribution in [2.45, 2.75) is 32.9 Å². The van der Waals surface area contributed by atoms with Crippen LogP contribution in [0.5, 0.6) is 0 Å². The zero-order chi connectivity index (χ0) is 14.1. The van der Waals surface area contributed by atoms with Crippen molar-refractivity contribution >= 4 is 11.7 Å². The molecular formula is C10H15N3O5. The lowest BCUT2D eigenvalue weighted by Crippen LogP contribution is -2.41. The zero-order valence-corrected chi connectivity index (χ0v) is 10.6. The number of hydrogen-bond acceptors (Lipinski definition) is 6. The van der Waals surface area contributed by atoms with E-state index in [0.717, 1.165) is 7.11 Å². The van der Waals surface area contributed by atoms with Crippen molar-refractivity contribution in [3.05, 3.63) is 21.5 Å². The van der Waals surface area contributed by atoms with Gasteiger partial charge < -0.3 is 9.84 Å². The van der Waals surface area contributed by atoms with E-state index in [-0.39, 0.29) is 23.6 Å². The average Bonchev–Trinajstić information content (AvgIpc) is 2.52. The summed E-state index contributed by atoms with van der Waals surface area (Å²) in [6.07, 6.45) is 0. The monoisotopic (exact) mass is 257 g/mol. The van der Waals surface area contributed by atoms with Gasteiger partial charge in [-0.3, -0.25) is 14.8 Å². The Balaban J connectivity index is 3.10. The van der Waals surface area contributed by atoms with Gasteiger partial charge in [0.1, 0.15) is 11.4 Å². The highest BCUT2D eigenvalue weighted by atomic mass is 16.6. The third kappa shape index (κ3) is 2.48. The number of carbonyl (C=O) groups excluding carboxylic acids is 1. The molecule has 1 aromatic heterocycles. The quantitative estimate of drug-likeness (QED) is 0.473. The van der Waals surface area contributed by atoms with E-state index < -0.39 is 16.5 Å². The molecule has 0 fully saturated rings. The minimum Gasteiger partial charge on any atom is -0.467 e. The molecule has 0 saturated carbocycles. The summed E-state index contributed by atoms with van der Waals surface area (Å²) < 4.78 is 5.67. The summed E-state index contributed by atoms with van der Waals surface area (Å²) in [5.41, 5.74) is -1.39. The number of aryl methyl sites for hydroxylation is 1. The van der Waals surface area contributed by atoms with Crippen LogP contribution in [0.1, 0.15) is 18.3 Å². The Labute approximate surface area is 103 Å². The Kier molecular flexibility index (Phi) is 3.70. The van der Waals surface area contributed by atoms with Crippen LogP contribution in [0.2, 0.25) is 0 Å². The third-order valence-electron chi connectivity index (χ3n) is 2.61. The van der Waals surface area contributed by atoms with Gasteiger partial charge in [0.05, 0.1) is 18.6 Å². The van der Waals surface area contributed by atoms with E-state index in [4.69, 9.17) is 0 Å². The lowest BCUT2D eigenvalue weighted by Gasteiger charge is -2.20. The Morgan fingerprint density at radius 3 is 2.56 bits per heavy atom. The third-order valence-corrected chi connectivity index (χ3v) is 2.61. The molecule has 0 radical (unpaired) electrons. The van der Waals surface area contributed by atoms with Gasteiger partial charge in [0.2, 0.25) is 0 Å². The van der Waals surface area contributed by atoms with Crippen LogP contribution in [-0.4, -0.2) is 38.5 Å². The van der Waals surface area contributed by atoms with Crippen molar-refractivity contribution in [2.24, 2.45) is 0 Å². The van der Waals surface area contributed by atoms with Crippen LogP contribution in [0.15, 0.2) is 0 Å². The van der Waals surface area contributed by atoms with E-state index in [1.807, 2.05) is 0 Å². The van der Waals surface area contributed by atoms with E-state index in [9.17, 15) is 20.0 Å². The topological polar surface area (TPSA) is 107 Å². The highest BCUT2D eigenvalue weighted by Crippen LogP contribution is 2.23. The van der Waals surface area contributed by atoms with E-state index >= 15 is 0 Å². The van der Waals surface area contributed by atoms with Crippen molar-refractivity contribution in [3.8, 4) is 0 Å². The maximum atomic E-state index is 11.3. The Morgan fingerprint density at radius 2 is 2.17 bits per heavy atom. The van der Waals surface area contributed by atoms with Crippen LogP contribution in [0.3, 0.4) is 0 Å². The molecule has 0 amide bonds. The van der Waals surface area contributed by atoms with Crippen molar-refractivity contribution < 1.29 is 19.6 Å². The van der Waals surface area contributed by atoms with E-state index in [0.29, 0.717) is 0 Å². The maximum Gasteiger partial charge on any atom is 0.339 e. The number of aliphatic hydroxyl groups is 1. The number of nitro groups is 1. The molecule has 0 saturated heterocycles. The standard InChI is InChI=1S/C10H15N3O5/c1-6-8(13(16)17)7(2)12(11-6)5-10(3,15)9(14)18-4/h15H,5H2,1-4H3. The Hall–Kier alpha value is -1.96. The number of esters is 1. The molecule has 1 aromatic rings. The number of rotatable bonds is 4. The van der Waals surface area contributed by atoms with Crippen molar-refractivity contribution in [1.29, 1.82) is 0 Å². The van der Waals surface area contributed by atoms with Crippen LogP contribution < -0.4 is 0 Å². The smallest absolute Gasteiger partial charge is 0.339 e. The van der Waals surface area contributed by atoms with Crippen molar-refractivity contribution in [1.82, 2.24) is 9.78 Å². The molecule has 0 aliphatic carbocycles. The first-order valence-electron chi connectivity index (χ1n) is 5.20. The minimum absolute atomic E-state index is 0.115. The number of hydrogen-bond donors (Lipinski definition) is 1. The van der Waals surface area contributed by atoms with Gasteiger partial charge in [-0.2, -0.15) is 5.10 Å². The fourth-order valence-corrected chi connectivity index (χ4v) is 1.68. The fraction of sp³-hybridized carbons (Fsp3) is 0.600. The summed E-state index contributed by atoms with van der Waals surface area (Å²) in [6.45, 7) is 4.06. The largest absolute Gasteiger partial charge is 0.467 e. The molecule has 0 aliphatic rings. The summed E-state index contributed by atoms with van der Waals surface area (Å²) in [5, 5.41) is 24.6. The molecule has 100 valence electrons. The highest BCUT2D eigenvalue weighted by molar-refractivity contribution is 5.78. The van der Waals surface area contributed by atoms with Crippen LogP contribution in [0, 0.1) is 24.0 Å².